The standard InChI is InChI=1S/C6H9N3O4/c1-3(10)5(6(8)12)9-13-2-4(7)11/h2H2,1H3,(H2,7,11)(H2,8,12). The SMILES string of the molecule is CC(=O)C(=NOCC(N)=O)C(N)=O. The van der Waals surface area contributed by atoms with E-state index in [0.29, 0.717) is 0 Å². The van der Waals surface area contributed by atoms with Gasteiger partial charge < -0.3 is 16.3 Å². The van der Waals surface area contributed by atoms with Crippen molar-refractivity contribution >= 4 is 23.3 Å². The number of amides is 2. The summed E-state index contributed by atoms with van der Waals surface area (Å²) < 4.78 is 0. The molecule has 0 aliphatic heterocycles. The summed E-state index contributed by atoms with van der Waals surface area (Å²) in [4.78, 5) is 35.5. The lowest BCUT2D eigenvalue weighted by Gasteiger charge is -1.97. The van der Waals surface area contributed by atoms with Crippen LogP contribution in [0.3, 0.4) is 0 Å². The number of nitrogens with two attached hydrogens (primary N) is 2. The van der Waals surface area contributed by atoms with Crippen LogP contribution in [-0.2, 0) is 19.2 Å². The molecule has 0 aromatic heterocycles. The Morgan fingerprint density at radius 2 is 1.85 bits per heavy atom. The van der Waals surface area contributed by atoms with Gasteiger partial charge in [-0.15, -0.1) is 0 Å². The van der Waals surface area contributed by atoms with Gasteiger partial charge in [-0.25, -0.2) is 0 Å². The first-order valence-corrected chi connectivity index (χ1v) is 3.24. The van der Waals surface area contributed by atoms with Crippen LogP contribution in [0.1, 0.15) is 6.92 Å². The van der Waals surface area contributed by atoms with Crippen molar-refractivity contribution in [3.63, 3.8) is 0 Å². The molecule has 0 aromatic carbocycles. The second-order valence-electron chi connectivity index (χ2n) is 2.10. The zero-order valence-corrected chi connectivity index (χ0v) is 6.94. The van der Waals surface area contributed by atoms with Crippen molar-refractivity contribution < 1.29 is 19.2 Å². The number of carbonyl (C=O) groups is 3. The van der Waals surface area contributed by atoms with E-state index >= 15 is 0 Å². The highest BCUT2D eigenvalue weighted by Crippen LogP contribution is 1.83. The second kappa shape index (κ2) is 4.86. The van der Waals surface area contributed by atoms with Gasteiger partial charge in [0.15, 0.2) is 12.4 Å². The number of rotatable bonds is 5. The largest absolute Gasteiger partial charge is 0.385 e. The van der Waals surface area contributed by atoms with Gasteiger partial charge in [0.25, 0.3) is 11.8 Å². The molecule has 0 radical (unpaired) electrons. The fourth-order valence-electron chi connectivity index (χ4n) is 0.443. The molecule has 7 nitrogen and oxygen atoms in total. The molecule has 0 rings (SSSR count). The van der Waals surface area contributed by atoms with E-state index < -0.39 is 29.9 Å². The summed E-state index contributed by atoms with van der Waals surface area (Å²) in [7, 11) is 0. The van der Waals surface area contributed by atoms with Gasteiger partial charge >= 0.3 is 0 Å². The normalized spacial score (nSPS) is 10.7. The Labute approximate surface area is 73.7 Å². The fourth-order valence-corrected chi connectivity index (χ4v) is 0.443. The van der Waals surface area contributed by atoms with Crippen molar-refractivity contribution in [2.24, 2.45) is 16.6 Å². The molecule has 0 saturated heterocycles. The summed E-state index contributed by atoms with van der Waals surface area (Å²) in [6.07, 6.45) is 0. The number of ketones is 1. The van der Waals surface area contributed by atoms with Gasteiger partial charge in [-0.3, -0.25) is 14.4 Å². The first-order chi connectivity index (χ1) is 5.95. The molecule has 4 N–H and O–H groups in total. The van der Waals surface area contributed by atoms with Crippen LogP contribution in [0.2, 0.25) is 0 Å². The molecule has 0 saturated carbocycles. The molecule has 0 atom stereocenters. The van der Waals surface area contributed by atoms with E-state index in [9.17, 15) is 14.4 Å². The summed E-state index contributed by atoms with van der Waals surface area (Å²) in [6, 6.07) is 0. The van der Waals surface area contributed by atoms with Crippen molar-refractivity contribution in [3.05, 3.63) is 0 Å². The molecule has 0 unspecified atom stereocenters. The van der Waals surface area contributed by atoms with E-state index in [2.05, 4.69) is 9.99 Å². The minimum absolute atomic E-state index is 0.510. The fraction of sp³-hybridized carbons (Fsp3) is 0.333. The molecule has 0 aliphatic rings. The lowest BCUT2D eigenvalue weighted by molar-refractivity contribution is -0.123. The van der Waals surface area contributed by atoms with Crippen molar-refractivity contribution in [1.82, 2.24) is 0 Å². The Bertz CT molecular complexity index is 255. The number of oxime groups is 1. The Hall–Kier alpha value is -1.92. The summed E-state index contributed by atoms with van der Waals surface area (Å²) in [5, 5.41) is 3.05. The number of primary amides is 2. The molecule has 0 fully saturated rings. The lowest BCUT2D eigenvalue weighted by atomic mass is 10.3. The lowest BCUT2D eigenvalue weighted by Crippen LogP contribution is -2.29. The first-order valence-electron chi connectivity index (χ1n) is 3.24. The number of hydrogen-bond acceptors (Lipinski definition) is 5. The van der Waals surface area contributed by atoms with E-state index in [-0.39, 0.29) is 0 Å². The highest BCUT2D eigenvalue weighted by Gasteiger charge is 2.13. The van der Waals surface area contributed by atoms with E-state index in [4.69, 9.17) is 11.5 Å². The van der Waals surface area contributed by atoms with Gasteiger partial charge in [-0.1, -0.05) is 5.16 Å². The highest BCUT2D eigenvalue weighted by atomic mass is 16.6. The average molecular weight is 187 g/mol. The Morgan fingerprint density at radius 3 is 2.15 bits per heavy atom. The van der Waals surface area contributed by atoms with E-state index in [1.54, 1.807) is 0 Å². The van der Waals surface area contributed by atoms with Crippen molar-refractivity contribution in [2.75, 3.05) is 6.61 Å². The number of carbonyl (C=O) groups excluding carboxylic acids is 3. The third kappa shape index (κ3) is 4.51. The zero-order valence-electron chi connectivity index (χ0n) is 6.94. The third-order valence-electron chi connectivity index (χ3n) is 0.930. The van der Waals surface area contributed by atoms with Gasteiger partial charge in [-0.2, -0.15) is 0 Å². The van der Waals surface area contributed by atoms with E-state index in [0.717, 1.165) is 6.92 Å². The van der Waals surface area contributed by atoms with Crippen LogP contribution < -0.4 is 11.5 Å². The van der Waals surface area contributed by atoms with Crippen molar-refractivity contribution in [1.29, 1.82) is 0 Å². The number of nitrogens with zero attached hydrogens (tertiary/aromatic N) is 1. The van der Waals surface area contributed by atoms with E-state index in [1.165, 1.54) is 0 Å². The Morgan fingerprint density at radius 1 is 1.31 bits per heavy atom. The second-order valence-corrected chi connectivity index (χ2v) is 2.10. The molecular formula is C6H9N3O4. The average Bonchev–Trinajstić information content (AvgIpc) is 1.95. The molecule has 72 valence electrons. The van der Waals surface area contributed by atoms with Crippen molar-refractivity contribution in [3.8, 4) is 0 Å². The summed E-state index contributed by atoms with van der Waals surface area (Å²) in [5.41, 5.74) is 8.91. The zero-order chi connectivity index (χ0) is 10.4. The van der Waals surface area contributed by atoms with Gasteiger partial charge in [-0.05, 0) is 0 Å². The maximum Gasteiger partial charge on any atom is 0.274 e. The molecule has 13 heavy (non-hydrogen) atoms. The molecule has 0 aliphatic carbocycles. The summed E-state index contributed by atoms with van der Waals surface area (Å²) >= 11 is 0. The van der Waals surface area contributed by atoms with Crippen LogP contribution in [0.4, 0.5) is 0 Å². The maximum atomic E-state index is 10.6. The Balaban J connectivity index is 4.30. The minimum Gasteiger partial charge on any atom is -0.385 e. The molecule has 7 heteroatoms. The van der Waals surface area contributed by atoms with Gasteiger partial charge in [0.05, 0.1) is 0 Å². The molecule has 0 heterocycles. The van der Waals surface area contributed by atoms with Crippen LogP contribution in [0, 0.1) is 0 Å². The van der Waals surface area contributed by atoms with Crippen LogP contribution in [0.5, 0.6) is 0 Å². The van der Waals surface area contributed by atoms with Crippen molar-refractivity contribution in [2.45, 2.75) is 6.92 Å². The van der Waals surface area contributed by atoms with Gasteiger partial charge in [0.2, 0.25) is 5.71 Å². The van der Waals surface area contributed by atoms with Gasteiger partial charge in [0, 0.05) is 6.92 Å². The minimum atomic E-state index is -1.02. The topological polar surface area (TPSA) is 125 Å². The molecule has 0 bridgehead atoms. The molecule has 0 aromatic rings. The van der Waals surface area contributed by atoms with Crippen LogP contribution >= 0.6 is 0 Å². The Kier molecular flexibility index (Phi) is 4.14. The molecule has 2 amide bonds. The highest BCUT2D eigenvalue weighted by molar-refractivity contribution is 6.64. The van der Waals surface area contributed by atoms with E-state index in [1.807, 2.05) is 0 Å². The van der Waals surface area contributed by atoms with Crippen LogP contribution in [0.15, 0.2) is 5.16 Å². The third-order valence-corrected chi connectivity index (χ3v) is 0.930. The number of hydrogen-bond donors (Lipinski definition) is 2. The van der Waals surface area contributed by atoms with Crippen LogP contribution in [0.25, 0.3) is 0 Å². The number of Topliss-reactive ketones (excluding diaryl/α,β-unsaturated/α-hetero) is 1. The first kappa shape index (κ1) is 11.1. The quantitative estimate of drug-likeness (QED) is 0.291. The summed E-state index contributed by atoms with van der Waals surface area (Å²) in [6.45, 7) is 0.585. The molecule has 0 spiro atoms. The summed E-state index contributed by atoms with van der Waals surface area (Å²) in [5.74, 6) is -2.43. The predicted octanol–water partition coefficient (Wildman–Crippen LogP) is -2.08. The van der Waals surface area contributed by atoms with Gasteiger partial charge in [0.1, 0.15) is 0 Å². The monoisotopic (exact) mass is 187 g/mol. The van der Waals surface area contributed by atoms with Crippen LogP contribution in [-0.4, -0.2) is 29.9 Å². The smallest absolute Gasteiger partial charge is 0.274 e. The predicted molar refractivity (Wildman–Crippen MR) is 42.5 cm³/mol. The molecular weight excluding hydrogens is 178 g/mol. The maximum absolute atomic E-state index is 10.6.